The Morgan fingerprint density at radius 2 is 1.72 bits per heavy atom. The molecule has 0 bridgehead atoms. The Morgan fingerprint density at radius 1 is 1.06 bits per heavy atom. The van der Waals surface area contributed by atoms with Gasteiger partial charge in [0.1, 0.15) is 11.9 Å². The summed E-state index contributed by atoms with van der Waals surface area (Å²) in [5, 5.41) is 0. The van der Waals surface area contributed by atoms with Crippen LogP contribution >= 0.6 is 0 Å². The lowest BCUT2D eigenvalue weighted by atomic mass is 9.77. The van der Waals surface area contributed by atoms with Crippen molar-refractivity contribution in [3.8, 4) is 5.75 Å². The van der Waals surface area contributed by atoms with Crippen LogP contribution in [0.15, 0.2) is 24.3 Å². The van der Waals surface area contributed by atoms with Crippen LogP contribution in [0.3, 0.4) is 0 Å². The first kappa shape index (κ1) is 12.0. The number of hydrogen-bond acceptors (Lipinski definition) is 3. The zero-order valence-electron chi connectivity index (χ0n) is 10.7. The lowest BCUT2D eigenvalue weighted by Gasteiger charge is -2.34. The number of hydrogen-bond donors (Lipinski definition) is 1. The molecular formula is C15H21NO2. The monoisotopic (exact) mass is 247 g/mol. The molecule has 3 rings (SSSR count). The second-order valence-corrected chi connectivity index (χ2v) is 5.52. The third-order valence-corrected chi connectivity index (χ3v) is 4.09. The van der Waals surface area contributed by atoms with Gasteiger partial charge in [-0.2, -0.15) is 0 Å². The zero-order chi connectivity index (χ0) is 12.4. The molecule has 0 radical (unpaired) electrons. The predicted molar refractivity (Wildman–Crippen MR) is 70.6 cm³/mol. The fourth-order valence-electron chi connectivity index (χ4n) is 2.81. The smallest absolute Gasteiger partial charge is 0.145 e. The van der Waals surface area contributed by atoms with Crippen molar-refractivity contribution >= 4 is 0 Å². The maximum absolute atomic E-state index is 6.51. The molecule has 3 heteroatoms. The highest BCUT2D eigenvalue weighted by Crippen LogP contribution is 2.35. The highest BCUT2D eigenvalue weighted by atomic mass is 16.6. The van der Waals surface area contributed by atoms with Gasteiger partial charge in [0.15, 0.2) is 0 Å². The summed E-state index contributed by atoms with van der Waals surface area (Å²) >= 11 is 0. The third-order valence-electron chi connectivity index (χ3n) is 4.09. The summed E-state index contributed by atoms with van der Waals surface area (Å²) in [6, 6.07) is 8.33. The van der Waals surface area contributed by atoms with Crippen molar-refractivity contribution in [1.82, 2.24) is 0 Å². The molecule has 0 aromatic heterocycles. The molecule has 0 spiro atoms. The first-order valence-corrected chi connectivity index (χ1v) is 6.90. The minimum atomic E-state index is -0.115. The van der Waals surface area contributed by atoms with Gasteiger partial charge in [0.25, 0.3) is 0 Å². The Hall–Kier alpha value is -1.06. The van der Waals surface area contributed by atoms with E-state index in [4.69, 9.17) is 15.2 Å². The lowest BCUT2D eigenvalue weighted by Crippen LogP contribution is -2.39. The standard InChI is InChI=1S/C15H21NO2/c16-15(8-2-1-3-9-15)12-4-6-13(7-5-12)18-14-10-17-11-14/h4-7,14H,1-3,8-11,16H2. The second-order valence-electron chi connectivity index (χ2n) is 5.52. The molecular weight excluding hydrogens is 226 g/mol. The molecule has 1 saturated carbocycles. The molecule has 0 amide bonds. The van der Waals surface area contributed by atoms with Gasteiger partial charge in [-0.1, -0.05) is 31.4 Å². The van der Waals surface area contributed by atoms with Gasteiger partial charge in [-0.3, -0.25) is 0 Å². The molecule has 1 heterocycles. The van der Waals surface area contributed by atoms with E-state index in [9.17, 15) is 0 Å². The third kappa shape index (κ3) is 2.38. The SMILES string of the molecule is NC1(c2ccc(OC3COC3)cc2)CCCCC1. The van der Waals surface area contributed by atoms with Crippen LogP contribution in [0.2, 0.25) is 0 Å². The van der Waals surface area contributed by atoms with Gasteiger partial charge in [-0.05, 0) is 30.5 Å². The Kier molecular flexibility index (Phi) is 3.27. The van der Waals surface area contributed by atoms with Crippen LogP contribution < -0.4 is 10.5 Å². The van der Waals surface area contributed by atoms with E-state index in [0.717, 1.165) is 18.6 Å². The lowest BCUT2D eigenvalue weighted by molar-refractivity contribution is -0.0796. The minimum absolute atomic E-state index is 0.115. The van der Waals surface area contributed by atoms with E-state index in [1.54, 1.807) is 0 Å². The van der Waals surface area contributed by atoms with Crippen molar-refractivity contribution in [3.05, 3.63) is 29.8 Å². The van der Waals surface area contributed by atoms with E-state index in [2.05, 4.69) is 12.1 Å². The fraction of sp³-hybridized carbons (Fsp3) is 0.600. The first-order chi connectivity index (χ1) is 8.76. The van der Waals surface area contributed by atoms with Gasteiger partial charge in [0, 0.05) is 5.54 Å². The van der Waals surface area contributed by atoms with Gasteiger partial charge >= 0.3 is 0 Å². The molecule has 1 aliphatic carbocycles. The summed E-state index contributed by atoms with van der Waals surface area (Å²) in [4.78, 5) is 0. The molecule has 2 fully saturated rings. The molecule has 1 aromatic rings. The topological polar surface area (TPSA) is 44.5 Å². The van der Waals surface area contributed by atoms with E-state index in [0.29, 0.717) is 13.2 Å². The Morgan fingerprint density at radius 3 is 2.28 bits per heavy atom. The summed E-state index contributed by atoms with van der Waals surface area (Å²) in [7, 11) is 0. The summed E-state index contributed by atoms with van der Waals surface area (Å²) in [5.41, 5.74) is 7.64. The number of nitrogens with two attached hydrogens (primary N) is 1. The zero-order valence-corrected chi connectivity index (χ0v) is 10.7. The van der Waals surface area contributed by atoms with Crippen molar-refractivity contribution in [2.45, 2.75) is 43.7 Å². The predicted octanol–water partition coefficient (Wildman–Crippen LogP) is 2.58. The molecule has 3 nitrogen and oxygen atoms in total. The maximum Gasteiger partial charge on any atom is 0.145 e. The molecule has 1 aromatic carbocycles. The quantitative estimate of drug-likeness (QED) is 0.893. The van der Waals surface area contributed by atoms with E-state index in [1.807, 2.05) is 12.1 Å². The molecule has 1 aliphatic heterocycles. The molecule has 18 heavy (non-hydrogen) atoms. The number of ether oxygens (including phenoxy) is 2. The molecule has 1 saturated heterocycles. The molecule has 98 valence electrons. The van der Waals surface area contributed by atoms with E-state index in [1.165, 1.54) is 24.8 Å². The van der Waals surface area contributed by atoms with Crippen molar-refractivity contribution in [2.24, 2.45) is 5.73 Å². The van der Waals surface area contributed by atoms with E-state index < -0.39 is 0 Å². The van der Waals surface area contributed by atoms with Crippen LogP contribution in [0.25, 0.3) is 0 Å². The van der Waals surface area contributed by atoms with Crippen LogP contribution in [0.5, 0.6) is 5.75 Å². The van der Waals surface area contributed by atoms with Gasteiger partial charge in [-0.15, -0.1) is 0 Å². The van der Waals surface area contributed by atoms with Crippen LogP contribution in [0, 0.1) is 0 Å². The highest BCUT2D eigenvalue weighted by molar-refractivity contribution is 5.32. The van der Waals surface area contributed by atoms with Crippen LogP contribution in [-0.4, -0.2) is 19.3 Å². The van der Waals surface area contributed by atoms with Crippen LogP contribution in [-0.2, 0) is 10.3 Å². The van der Waals surface area contributed by atoms with Gasteiger partial charge in [0.2, 0.25) is 0 Å². The summed E-state index contributed by atoms with van der Waals surface area (Å²) in [6.45, 7) is 1.42. The summed E-state index contributed by atoms with van der Waals surface area (Å²) in [5.74, 6) is 0.923. The molecule has 2 aliphatic rings. The normalized spacial score (nSPS) is 23.4. The number of benzene rings is 1. The van der Waals surface area contributed by atoms with Crippen LogP contribution in [0.4, 0.5) is 0 Å². The second kappa shape index (κ2) is 4.90. The largest absolute Gasteiger partial charge is 0.486 e. The fourth-order valence-corrected chi connectivity index (χ4v) is 2.81. The Labute approximate surface area is 108 Å². The van der Waals surface area contributed by atoms with E-state index >= 15 is 0 Å². The van der Waals surface area contributed by atoms with E-state index in [-0.39, 0.29) is 11.6 Å². The Bertz CT molecular complexity index is 391. The average molecular weight is 247 g/mol. The first-order valence-electron chi connectivity index (χ1n) is 6.90. The minimum Gasteiger partial charge on any atom is -0.486 e. The van der Waals surface area contributed by atoms with Crippen molar-refractivity contribution < 1.29 is 9.47 Å². The Balaban J connectivity index is 1.69. The van der Waals surface area contributed by atoms with Crippen molar-refractivity contribution in [1.29, 1.82) is 0 Å². The highest BCUT2D eigenvalue weighted by Gasteiger charge is 2.29. The summed E-state index contributed by atoms with van der Waals surface area (Å²) in [6.07, 6.45) is 6.25. The van der Waals surface area contributed by atoms with Crippen molar-refractivity contribution in [2.75, 3.05) is 13.2 Å². The molecule has 2 N–H and O–H groups in total. The maximum atomic E-state index is 6.51. The van der Waals surface area contributed by atoms with Gasteiger partial charge in [-0.25, -0.2) is 0 Å². The van der Waals surface area contributed by atoms with Crippen LogP contribution in [0.1, 0.15) is 37.7 Å². The molecule has 0 unspecified atom stereocenters. The summed E-state index contributed by atoms with van der Waals surface area (Å²) < 4.78 is 10.9. The van der Waals surface area contributed by atoms with Gasteiger partial charge < -0.3 is 15.2 Å². The molecule has 0 atom stereocenters. The average Bonchev–Trinajstić information content (AvgIpc) is 2.35. The van der Waals surface area contributed by atoms with Gasteiger partial charge in [0.05, 0.1) is 13.2 Å². The van der Waals surface area contributed by atoms with Crippen molar-refractivity contribution in [3.63, 3.8) is 0 Å². The number of rotatable bonds is 3.